The second-order valence-electron chi connectivity index (χ2n) is 5.92. The molecule has 0 saturated carbocycles. The van der Waals surface area contributed by atoms with Gasteiger partial charge in [-0.05, 0) is 24.6 Å². The molecule has 4 rings (SSSR count). The normalized spacial score (nSPS) is 11.1. The highest BCUT2D eigenvalue weighted by Crippen LogP contribution is 2.24. The molecule has 8 heteroatoms. The molecule has 2 heterocycles. The van der Waals surface area contributed by atoms with Crippen molar-refractivity contribution in [2.75, 3.05) is 0 Å². The Balaban J connectivity index is 1.74. The number of nitro benzene ring substituents is 1. The number of nitrogens with one attached hydrogen (secondary N) is 1. The minimum absolute atomic E-state index is 0.0159. The summed E-state index contributed by atoms with van der Waals surface area (Å²) >= 11 is 1.43. The Morgan fingerprint density at radius 2 is 2.04 bits per heavy atom. The van der Waals surface area contributed by atoms with Crippen molar-refractivity contribution in [3.05, 3.63) is 85.8 Å². The van der Waals surface area contributed by atoms with Crippen molar-refractivity contribution in [3.63, 3.8) is 0 Å². The Morgan fingerprint density at radius 1 is 1.23 bits per heavy atom. The molecular weight excluding hydrogens is 352 g/mol. The largest absolute Gasteiger partial charge is 0.293 e. The van der Waals surface area contributed by atoms with Gasteiger partial charge in [-0.1, -0.05) is 35.6 Å². The van der Waals surface area contributed by atoms with Crippen LogP contribution >= 0.6 is 11.3 Å². The molecule has 7 nitrogen and oxygen atoms in total. The van der Waals surface area contributed by atoms with Gasteiger partial charge < -0.3 is 0 Å². The zero-order valence-electron chi connectivity index (χ0n) is 13.8. The molecule has 0 amide bonds. The first kappa shape index (κ1) is 16.2. The number of non-ortho nitro benzene ring substituents is 1. The van der Waals surface area contributed by atoms with Crippen LogP contribution in [0.25, 0.3) is 15.3 Å². The summed E-state index contributed by atoms with van der Waals surface area (Å²) in [6.07, 6.45) is 0.320. The van der Waals surface area contributed by atoms with Gasteiger partial charge in [0, 0.05) is 29.8 Å². The van der Waals surface area contributed by atoms with E-state index in [9.17, 15) is 14.9 Å². The van der Waals surface area contributed by atoms with E-state index in [0.717, 1.165) is 21.5 Å². The molecular formula is C18H14N4O3S. The SMILES string of the molecule is Cc1[nH]n(-c2nc3ccccc3s2)c(=O)c1Cc1cccc([N+](=O)[O-])c1. The van der Waals surface area contributed by atoms with E-state index in [4.69, 9.17) is 0 Å². The van der Waals surface area contributed by atoms with Crippen LogP contribution in [0.15, 0.2) is 53.3 Å². The van der Waals surface area contributed by atoms with Gasteiger partial charge in [0.2, 0.25) is 5.13 Å². The molecule has 1 N–H and O–H groups in total. The fraction of sp³-hybridized carbons (Fsp3) is 0.111. The van der Waals surface area contributed by atoms with Crippen LogP contribution in [0.2, 0.25) is 0 Å². The number of benzene rings is 2. The van der Waals surface area contributed by atoms with Crippen molar-refractivity contribution < 1.29 is 4.92 Å². The number of rotatable bonds is 4. The quantitative estimate of drug-likeness (QED) is 0.441. The van der Waals surface area contributed by atoms with Gasteiger partial charge in [-0.25, -0.2) is 4.98 Å². The summed E-state index contributed by atoms with van der Waals surface area (Å²) in [4.78, 5) is 27.9. The molecule has 4 aromatic rings. The minimum atomic E-state index is -0.438. The summed E-state index contributed by atoms with van der Waals surface area (Å²) in [5, 5.41) is 14.6. The molecule has 0 unspecified atom stereocenters. The third kappa shape index (κ3) is 2.80. The van der Waals surface area contributed by atoms with Crippen molar-refractivity contribution in [2.24, 2.45) is 0 Å². The topological polar surface area (TPSA) is 93.8 Å². The maximum atomic E-state index is 12.9. The van der Waals surface area contributed by atoms with Crippen LogP contribution in [-0.2, 0) is 6.42 Å². The maximum absolute atomic E-state index is 12.9. The summed E-state index contributed by atoms with van der Waals surface area (Å²) in [5.74, 6) is 0. The van der Waals surface area contributed by atoms with Gasteiger partial charge in [0.25, 0.3) is 11.2 Å². The van der Waals surface area contributed by atoms with Gasteiger partial charge in [-0.15, -0.1) is 0 Å². The van der Waals surface area contributed by atoms with Crippen LogP contribution in [0.3, 0.4) is 0 Å². The number of hydrogen-bond donors (Lipinski definition) is 1. The number of thiazole rings is 1. The van der Waals surface area contributed by atoms with Gasteiger partial charge in [-0.3, -0.25) is 20.0 Å². The molecule has 26 heavy (non-hydrogen) atoms. The standard InChI is InChI=1S/C18H14N4O3S/c1-11-14(10-12-5-4-6-13(9-12)22(24)25)17(23)21(20-11)18-19-15-7-2-3-8-16(15)26-18/h2-9,20H,10H2,1H3. The Kier molecular flexibility index (Phi) is 3.89. The van der Waals surface area contributed by atoms with E-state index in [2.05, 4.69) is 10.1 Å². The molecule has 0 radical (unpaired) electrons. The average Bonchev–Trinajstić information content (AvgIpc) is 3.18. The highest BCUT2D eigenvalue weighted by molar-refractivity contribution is 7.20. The Bertz CT molecular complexity index is 1160. The van der Waals surface area contributed by atoms with Gasteiger partial charge in [0.15, 0.2) is 0 Å². The van der Waals surface area contributed by atoms with Crippen LogP contribution in [0.4, 0.5) is 5.69 Å². The zero-order valence-corrected chi connectivity index (χ0v) is 14.6. The van der Waals surface area contributed by atoms with Gasteiger partial charge in [0.05, 0.1) is 15.1 Å². The summed E-state index contributed by atoms with van der Waals surface area (Å²) in [6, 6.07) is 14.0. The maximum Gasteiger partial charge on any atom is 0.277 e. The smallest absolute Gasteiger partial charge is 0.277 e. The molecule has 0 aliphatic rings. The van der Waals surface area contributed by atoms with E-state index >= 15 is 0 Å². The average molecular weight is 366 g/mol. The van der Waals surface area contributed by atoms with E-state index < -0.39 is 4.92 Å². The summed E-state index contributed by atoms with van der Waals surface area (Å²) in [7, 11) is 0. The number of aromatic amines is 1. The number of hydrogen-bond acceptors (Lipinski definition) is 5. The van der Waals surface area contributed by atoms with E-state index in [1.54, 1.807) is 12.1 Å². The second kappa shape index (κ2) is 6.23. The third-order valence-corrected chi connectivity index (χ3v) is 5.19. The molecule has 0 aliphatic carbocycles. The summed E-state index contributed by atoms with van der Waals surface area (Å²) in [6.45, 7) is 1.82. The molecule has 0 bridgehead atoms. The Hall–Kier alpha value is -3.26. The molecule has 0 fully saturated rings. The van der Waals surface area contributed by atoms with Gasteiger partial charge in [0.1, 0.15) is 0 Å². The number of para-hydroxylation sites is 1. The molecule has 0 spiro atoms. The van der Waals surface area contributed by atoms with Crippen LogP contribution in [0, 0.1) is 17.0 Å². The number of aryl methyl sites for hydroxylation is 1. The number of nitrogens with zero attached hydrogens (tertiary/aromatic N) is 3. The number of aromatic nitrogens is 3. The zero-order chi connectivity index (χ0) is 18.3. The Morgan fingerprint density at radius 3 is 2.81 bits per heavy atom. The van der Waals surface area contributed by atoms with Crippen LogP contribution < -0.4 is 5.56 Å². The number of fused-ring (bicyclic) bond motifs is 1. The monoisotopic (exact) mass is 366 g/mol. The lowest BCUT2D eigenvalue weighted by Crippen LogP contribution is -2.17. The summed E-state index contributed by atoms with van der Waals surface area (Å²) in [5.41, 5.74) is 2.68. The minimum Gasteiger partial charge on any atom is -0.293 e. The predicted molar refractivity (Wildman–Crippen MR) is 100 cm³/mol. The number of H-pyrrole nitrogens is 1. The Labute approximate surface area is 151 Å². The lowest BCUT2D eigenvalue weighted by Gasteiger charge is -1.99. The van der Waals surface area contributed by atoms with E-state index in [1.807, 2.05) is 31.2 Å². The lowest BCUT2D eigenvalue weighted by molar-refractivity contribution is -0.384. The number of nitro groups is 1. The summed E-state index contributed by atoms with van der Waals surface area (Å²) < 4.78 is 2.44. The molecule has 2 aromatic heterocycles. The first-order valence-corrected chi connectivity index (χ1v) is 8.74. The van der Waals surface area contributed by atoms with Crippen molar-refractivity contribution in [3.8, 4) is 5.13 Å². The van der Waals surface area contributed by atoms with Crippen molar-refractivity contribution >= 4 is 27.2 Å². The fourth-order valence-electron chi connectivity index (χ4n) is 2.86. The fourth-order valence-corrected chi connectivity index (χ4v) is 3.79. The third-order valence-electron chi connectivity index (χ3n) is 4.17. The molecule has 130 valence electrons. The second-order valence-corrected chi connectivity index (χ2v) is 6.93. The van der Waals surface area contributed by atoms with Crippen molar-refractivity contribution in [1.82, 2.24) is 14.8 Å². The van der Waals surface area contributed by atoms with Crippen LogP contribution in [-0.4, -0.2) is 19.7 Å². The van der Waals surface area contributed by atoms with Crippen LogP contribution in [0.1, 0.15) is 16.8 Å². The first-order valence-electron chi connectivity index (χ1n) is 7.92. The van der Waals surface area contributed by atoms with E-state index in [0.29, 0.717) is 17.1 Å². The van der Waals surface area contributed by atoms with Gasteiger partial charge >= 0.3 is 0 Å². The molecule has 2 aromatic carbocycles. The highest BCUT2D eigenvalue weighted by Gasteiger charge is 2.16. The predicted octanol–water partition coefficient (Wildman–Crippen LogP) is 3.58. The van der Waals surface area contributed by atoms with Crippen molar-refractivity contribution in [2.45, 2.75) is 13.3 Å². The van der Waals surface area contributed by atoms with Gasteiger partial charge in [-0.2, -0.15) is 4.68 Å². The lowest BCUT2D eigenvalue weighted by atomic mass is 10.1. The molecule has 0 saturated heterocycles. The first-order chi connectivity index (χ1) is 12.5. The van der Waals surface area contributed by atoms with Crippen molar-refractivity contribution in [1.29, 1.82) is 0 Å². The van der Waals surface area contributed by atoms with E-state index in [-0.39, 0.29) is 11.2 Å². The van der Waals surface area contributed by atoms with Crippen LogP contribution in [0.5, 0.6) is 0 Å². The molecule has 0 aliphatic heterocycles. The molecule has 0 atom stereocenters. The highest BCUT2D eigenvalue weighted by atomic mass is 32.1. The van der Waals surface area contributed by atoms with E-state index in [1.165, 1.54) is 28.2 Å².